The number of hydrogen-bond donors (Lipinski definition) is 1. The van der Waals surface area contributed by atoms with Gasteiger partial charge in [-0.25, -0.2) is 9.50 Å². The van der Waals surface area contributed by atoms with Crippen molar-refractivity contribution in [2.75, 3.05) is 6.54 Å². The molecule has 2 aromatic heterocycles. The Morgan fingerprint density at radius 2 is 2.30 bits per heavy atom. The number of nitrogens with one attached hydrogen (secondary N) is 1. The minimum Gasteiger partial charge on any atom is -0.347 e. The molecule has 0 aliphatic carbocycles. The number of rotatable bonds is 4. The third-order valence-corrected chi connectivity index (χ3v) is 2.68. The highest BCUT2D eigenvalue weighted by atomic mass is 35.5. The molecule has 0 aromatic carbocycles. The second-order valence-corrected chi connectivity index (χ2v) is 4.55. The number of halogens is 3. The van der Waals surface area contributed by atoms with Crippen molar-refractivity contribution in [1.82, 2.24) is 19.9 Å². The van der Waals surface area contributed by atoms with Crippen LogP contribution in [-0.2, 0) is 5.38 Å². The lowest BCUT2D eigenvalue weighted by atomic mass is 10.3. The van der Waals surface area contributed by atoms with Gasteiger partial charge in [-0.3, -0.25) is 4.79 Å². The minimum atomic E-state index is -3.60. The van der Waals surface area contributed by atoms with Crippen LogP contribution in [-0.4, -0.2) is 27.0 Å². The van der Waals surface area contributed by atoms with Gasteiger partial charge in [-0.2, -0.15) is 13.9 Å². The van der Waals surface area contributed by atoms with E-state index >= 15 is 0 Å². The second-order valence-electron chi connectivity index (χ2n) is 4.08. The predicted molar refractivity (Wildman–Crippen MR) is 70.0 cm³/mol. The number of nitrogens with zero attached hydrogens (tertiary/aromatic N) is 3. The van der Waals surface area contributed by atoms with Crippen LogP contribution in [0, 0.1) is 6.92 Å². The highest BCUT2D eigenvalue weighted by Crippen LogP contribution is 2.32. The van der Waals surface area contributed by atoms with Gasteiger partial charge in [0, 0.05) is 18.3 Å². The first-order valence-corrected chi connectivity index (χ1v) is 6.04. The Kier molecular flexibility index (Phi) is 3.71. The summed E-state index contributed by atoms with van der Waals surface area (Å²) < 4.78 is 27.5. The molecule has 0 spiro atoms. The molecule has 0 atom stereocenters. The number of alkyl halides is 3. The Morgan fingerprint density at radius 3 is 2.90 bits per heavy atom. The van der Waals surface area contributed by atoms with Crippen molar-refractivity contribution < 1.29 is 13.6 Å². The molecule has 8 heteroatoms. The van der Waals surface area contributed by atoms with Crippen LogP contribution >= 0.6 is 11.6 Å². The van der Waals surface area contributed by atoms with Gasteiger partial charge >= 0.3 is 5.38 Å². The monoisotopic (exact) mass is 300 g/mol. The molecule has 0 aliphatic heterocycles. The molecule has 0 unspecified atom stereocenters. The molecule has 0 saturated carbocycles. The first-order valence-electron chi connectivity index (χ1n) is 5.66. The van der Waals surface area contributed by atoms with Crippen LogP contribution in [0.2, 0.25) is 0 Å². The predicted octanol–water partition coefficient (Wildman–Crippen LogP) is 2.24. The summed E-state index contributed by atoms with van der Waals surface area (Å²) >= 11 is 5.05. The Balaban J connectivity index is 2.53. The summed E-state index contributed by atoms with van der Waals surface area (Å²) in [7, 11) is 0. The molecule has 2 heterocycles. The summed E-state index contributed by atoms with van der Waals surface area (Å²) in [4.78, 5) is 15.8. The second kappa shape index (κ2) is 5.16. The molecule has 0 aliphatic rings. The molecule has 0 fully saturated rings. The summed E-state index contributed by atoms with van der Waals surface area (Å²) in [6.07, 6.45) is 1.49. The number of amides is 1. The maximum absolute atomic E-state index is 13.3. The molecule has 5 nitrogen and oxygen atoms in total. The third-order valence-electron chi connectivity index (χ3n) is 2.49. The van der Waals surface area contributed by atoms with E-state index < -0.39 is 17.0 Å². The van der Waals surface area contributed by atoms with Crippen molar-refractivity contribution in [3.8, 4) is 0 Å². The van der Waals surface area contributed by atoms with E-state index in [0.717, 1.165) is 10.6 Å². The zero-order chi connectivity index (χ0) is 14.9. The molecular weight excluding hydrogens is 290 g/mol. The van der Waals surface area contributed by atoms with E-state index in [2.05, 4.69) is 22.0 Å². The Hall–Kier alpha value is -2.02. The Labute approximate surface area is 118 Å². The lowest BCUT2D eigenvalue weighted by Crippen LogP contribution is -2.23. The Morgan fingerprint density at radius 1 is 1.60 bits per heavy atom. The highest BCUT2D eigenvalue weighted by Gasteiger charge is 2.32. The minimum absolute atomic E-state index is 0.0212. The molecule has 20 heavy (non-hydrogen) atoms. The average molecular weight is 301 g/mol. The van der Waals surface area contributed by atoms with Crippen molar-refractivity contribution in [3.05, 3.63) is 41.9 Å². The van der Waals surface area contributed by atoms with Crippen LogP contribution in [0.4, 0.5) is 8.78 Å². The fraction of sp³-hybridized carbons (Fsp3) is 0.250. The van der Waals surface area contributed by atoms with Crippen LogP contribution in [0.25, 0.3) is 5.65 Å². The summed E-state index contributed by atoms with van der Waals surface area (Å²) in [5.41, 5.74) is -0.0774. The summed E-state index contributed by atoms with van der Waals surface area (Å²) in [6, 6.07) is 2.44. The van der Waals surface area contributed by atoms with Gasteiger partial charge in [-0.15, -0.1) is 6.58 Å². The molecule has 0 radical (unpaired) electrons. The lowest BCUT2D eigenvalue weighted by Gasteiger charge is -2.10. The summed E-state index contributed by atoms with van der Waals surface area (Å²) in [6.45, 7) is 5.26. The van der Waals surface area contributed by atoms with Crippen molar-refractivity contribution in [2.24, 2.45) is 0 Å². The standard InChI is InChI=1S/C12H11ClF2N4O/c1-3-4-16-11(20)8-6-10-17-7(2)5-9(12(13,14)15)19(10)18-8/h3,5-6H,1,4H2,2H3,(H,16,20). The maximum atomic E-state index is 13.3. The first kappa shape index (κ1) is 14.4. The van der Waals surface area contributed by atoms with E-state index in [0.29, 0.717) is 5.69 Å². The molecule has 0 saturated heterocycles. The molecule has 2 aromatic rings. The molecular formula is C12H11ClF2N4O. The number of carbonyl (C=O) groups excluding carboxylic acids is 1. The SMILES string of the molecule is C=CCNC(=O)c1cc2nc(C)cc(C(F)(F)Cl)n2n1. The van der Waals surface area contributed by atoms with E-state index in [1.165, 1.54) is 12.1 Å². The lowest BCUT2D eigenvalue weighted by molar-refractivity contribution is 0.0865. The van der Waals surface area contributed by atoms with E-state index in [-0.39, 0.29) is 17.9 Å². The fourth-order valence-electron chi connectivity index (χ4n) is 1.67. The van der Waals surface area contributed by atoms with E-state index in [1.54, 1.807) is 6.92 Å². The average Bonchev–Trinajstić information content (AvgIpc) is 2.77. The Bertz CT molecular complexity index is 678. The zero-order valence-electron chi connectivity index (χ0n) is 10.5. The van der Waals surface area contributed by atoms with Crippen LogP contribution in [0.3, 0.4) is 0 Å². The molecule has 2 rings (SSSR count). The number of carbonyl (C=O) groups is 1. The van der Waals surface area contributed by atoms with E-state index in [4.69, 9.17) is 11.6 Å². The van der Waals surface area contributed by atoms with Gasteiger partial charge in [0.15, 0.2) is 11.3 Å². The smallest absolute Gasteiger partial charge is 0.347 e. The number of aromatic nitrogens is 3. The van der Waals surface area contributed by atoms with Crippen LogP contribution in [0.5, 0.6) is 0 Å². The normalized spacial score (nSPS) is 11.6. The quantitative estimate of drug-likeness (QED) is 0.696. The van der Waals surface area contributed by atoms with Crippen molar-refractivity contribution in [3.63, 3.8) is 0 Å². The van der Waals surface area contributed by atoms with Crippen molar-refractivity contribution in [2.45, 2.75) is 12.3 Å². The molecule has 106 valence electrons. The molecule has 1 amide bonds. The zero-order valence-corrected chi connectivity index (χ0v) is 11.3. The topological polar surface area (TPSA) is 59.3 Å². The van der Waals surface area contributed by atoms with Crippen LogP contribution < -0.4 is 5.32 Å². The molecule has 0 bridgehead atoms. The number of aryl methyl sites for hydroxylation is 1. The fourth-order valence-corrected chi connectivity index (χ4v) is 1.80. The van der Waals surface area contributed by atoms with Gasteiger partial charge < -0.3 is 5.32 Å². The summed E-state index contributed by atoms with van der Waals surface area (Å²) in [5.74, 6) is -0.503. The number of hydrogen-bond acceptors (Lipinski definition) is 3. The van der Waals surface area contributed by atoms with E-state index in [1.807, 2.05) is 0 Å². The maximum Gasteiger partial charge on any atom is 0.364 e. The summed E-state index contributed by atoms with van der Waals surface area (Å²) in [5, 5.41) is 2.71. The van der Waals surface area contributed by atoms with Gasteiger partial charge in [0.05, 0.1) is 0 Å². The third kappa shape index (κ3) is 2.77. The van der Waals surface area contributed by atoms with Gasteiger partial charge in [0.2, 0.25) is 0 Å². The van der Waals surface area contributed by atoms with E-state index in [9.17, 15) is 13.6 Å². The van der Waals surface area contributed by atoms with Crippen LogP contribution in [0.1, 0.15) is 21.9 Å². The van der Waals surface area contributed by atoms with Crippen LogP contribution in [0.15, 0.2) is 24.8 Å². The van der Waals surface area contributed by atoms with Crippen molar-refractivity contribution >= 4 is 23.2 Å². The molecule has 1 N–H and O–H groups in total. The first-order chi connectivity index (χ1) is 9.32. The van der Waals surface area contributed by atoms with Gasteiger partial charge in [-0.1, -0.05) is 6.08 Å². The van der Waals surface area contributed by atoms with Gasteiger partial charge in [-0.05, 0) is 24.6 Å². The highest BCUT2D eigenvalue weighted by molar-refractivity contribution is 6.21. The largest absolute Gasteiger partial charge is 0.364 e. The van der Waals surface area contributed by atoms with Gasteiger partial charge in [0.1, 0.15) is 5.69 Å². The van der Waals surface area contributed by atoms with Gasteiger partial charge in [0.25, 0.3) is 5.91 Å². The number of fused-ring (bicyclic) bond motifs is 1. The van der Waals surface area contributed by atoms with Crippen molar-refractivity contribution in [1.29, 1.82) is 0 Å².